The molecule has 3 aromatic rings. The monoisotopic (exact) mass is 461 g/mol. The van der Waals surface area contributed by atoms with E-state index in [1.807, 2.05) is 35.2 Å². The minimum absolute atomic E-state index is 0.0694. The second-order valence-corrected chi connectivity index (χ2v) is 9.65. The first kappa shape index (κ1) is 21.6. The molecule has 1 aliphatic heterocycles. The number of rotatable bonds is 7. The van der Waals surface area contributed by atoms with Gasteiger partial charge >= 0.3 is 0 Å². The smallest absolute Gasteiger partial charge is 0.239 e. The van der Waals surface area contributed by atoms with Crippen molar-refractivity contribution in [2.24, 2.45) is 0 Å². The standard InChI is InChI=1S/C22H24ClN3O2S2/c1-16-3-2-4-19-21(16)24-22(30-19)26(10-9-25-11-13-28-14-12-25)20(27)15-29-18-7-5-17(23)6-8-18/h2-8H,9-15H2,1H3. The molecular formula is C22H24ClN3O2S2. The molecule has 1 amide bonds. The van der Waals surface area contributed by atoms with E-state index in [0.717, 1.165) is 58.7 Å². The lowest BCUT2D eigenvalue weighted by molar-refractivity contribution is -0.116. The van der Waals surface area contributed by atoms with Crippen molar-refractivity contribution in [3.8, 4) is 0 Å². The molecule has 0 spiro atoms. The van der Waals surface area contributed by atoms with Gasteiger partial charge in [-0.3, -0.25) is 14.6 Å². The largest absolute Gasteiger partial charge is 0.379 e. The number of aromatic nitrogens is 1. The molecule has 0 atom stereocenters. The van der Waals surface area contributed by atoms with Crippen LogP contribution in [0.2, 0.25) is 5.02 Å². The Morgan fingerprint density at radius 2 is 2.00 bits per heavy atom. The summed E-state index contributed by atoms with van der Waals surface area (Å²) in [5.41, 5.74) is 2.11. The average Bonchev–Trinajstić information content (AvgIpc) is 3.19. The highest BCUT2D eigenvalue weighted by molar-refractivity contribution is 8.00. The maximum absolute atomic E-state index is 13.2. The number of fused-ring (bicyclic) bond motifs is 1. The third-order valence-corrected chi connectivity index (χ3v) is 7.35. The molecule has 1 aliphatic rings. The van der Waals surface area contributed by atoms with Gasteiger partial charge in [0.1, 0.15) is 0 Å². The van der Waals surface area contributed by atoms with Crippen LogP contribution in [-0.2, 0) is 9.53 Å². The molecule has 8 heteroatoms. The van der Waals surface area contributed by atoms with Crippen molar-refractivity contribution in [2.75, 3.05) is 50.0 Å². The van der Waals surface area contributed by atoms with Crippen LogP contribution in [-0.4, -0.2) is 60.9 Å². The number of hydrogen-bond donors (Lipinski definition) is 0. The van der Waals surface area contributed by atoms with Crippen molar-refractivity contribution in [1.82, 2.24) is 9.88 Å². The van der Waals surface area contributed by atoms with Gasteiger partial charge in [0.15, 0.2) is 5.13 Å². The highest BCUT2D eigenvalue weighted by atomic mass is 35.5. The Labute approximate surface area is 190 Å². The minimum atomic E-state index is 0.0694. The maximum atomic E-state index is 13.2. The lowest BCUT2D eigenvalue weighted by Crippen LogP contribution is -2.43. The van der Waals surface area contributed by atoms with Gasteiger partial charge in [0.2, 0.25) is 5.91 Å². The summed E-state index contributed by atoms with van der Waals surface area (Å²) in [5.74, 6) is 0.430. The molecule has 0 unspecified atom stereocenters. The van der Waals surface area contributed by atoms with E-state index in [1.165, 1.54) is 11.8 Å². The normalized spacial score (nSPS) is 14.9. The van der Waals surface area contributed by atoms with E-state index < -0.39 is 0 Å². The molecule has 4 rings (SSSR count). The first-order chi connectivity index (χ1) is 14.6. The molecule has 158 valence electrons. The highest BCUT2D eigenvalue weighted by Gasteiger charge is 2.22. The number of carbonyl (C=O) groups excluding carboxylic acids is 1. The SMILES string of the molecule is Cc1cccc2sc(N(CCN3CCOCC3)C(=O)CSc3ccc(Cl)cc3)nc12. The van der Waals surface area contributed by atoms with Crippen molar-refractivity contribution >= 4 is 56.0 Å². The minimum Gasteiger partial charge on any atom is -0.379 e. The van der Waals surface area contributed by atoms with E-state index in [4.69, 9.17) is 21.3 Å². The summed E-state index contributed by atoms with van der Waals surface area (Å²) in [6, 6.07) is 13.7. The fraction of sp³-hybridized carbons (Fsp3) is 0.364. The molecule has 1 aromatic heterocycles. The summed E-state index contributed by atoms with van der Waals surface area (Å²) in [7, 11) is 0. The second-order valence-electron chi connectivity index (χ2n) is 7.16. The van der Waals surface area contributed by atoms with Gasteiger partial charge in [0.25, 0.3) is 0 Å². The molecule has 0 saturated carbocycles. The summed E-state index contributed by atoms with van der Waals surface area (Å²) in [6.45, 7) is 6.80. The molecule has 1 fully saturated rings. The summed E-state index contributed by atoms with van der Waals surface area (Å²) in [6.07, 6.45) is 0. The molecule has 0 bridgehead atoms. The zero-order chi connectivity index (χ0) is 20.9. The van der Waals surface area contributed by atoms with Crippen molar-refractivity contribution in [2.45, 2.75) is 11.8 Å². The second kappa shape index (κ2) is 10.1. The molecule has 0 N–H and O–H groups in total. The number of anilines is 1. The maximum Gasteiger partial charge on any atom is 0.239 e. The van der Waals surface area contributed by atoms with Crippen molar-refractivity contribution in [3.63, 3.8) is 0 Å². The van der Waals surface area contributed by atoms with E-state index in [2.05, 4.69) is 24.0 Å². The number of morpholine rings is 1. The molecular weight excluding hydrogens is 438 g/mol. The van der Waals surface area contributed by atoms with Gasteiger partial charge in [0, 0.05) is 36.1 Å². The summed E-state index contributed by atoms with van der Waals surface area (Å²) >= 11 is 9.07. The van der Waals surface area contributed by atoms with E-state index in [9.17, 15) is 4.79 Å². The number of para-hydroxylation sites is 1. The van der Waals surface area contributed by atoms with Crippen LogP contribution in [0.15, 0.2) is 47.4 Å². The number of thioether (sulfide) groups is 1. The lowest BCUT2D eigenvalue weighted by atomic mass is 10.2. The molecule has 2 aromatic carbocycles. The van der Waals surface area contributed by atoms with Crippen LogP contribution in [0.4, 0.5) is 5.13 Å². The van der Waals surface area contributed by atoms with Crippen molar-refractivity contribution in [1.29, 1.82) is 0 Å². The summed E-state index contributed by atoms with van der Waals surface area (Å²) < 4.78 is 6.55. The number of ether oxygens (including phenoxy) is 1. The van der Waals surface area contributed by atoms with Crippen LogP contribution < -0.4 is 4.90 Å². The van der Waals surface area contributed by atoms with Gasteiger partial charge in [-0.2, -0.15) is 0 Å². The van der Waals surface area contributed by atoms with Crippen molar-refractivity contribution in [3.05, 3.63) is 53.1 Å². The average molecular weight is 462 g/mol. The zero-order valence-corrected chi connectivity index (χ0v) is 19.2. The van der Waals surface area contributed by atoms with Crippen LogP contribution in [0.3, 0.4) is 0 Å². The van der Waals surface area contributed by atoms with E-state index >= 15 is 0 Å². The number of thiazole rings is 1. The van der Waals surface area contributed by atoms with Crippen LogP contribution >= 0.6 is 34.7 Å². The van der Waals surface area contributed by atoms with E-state index in [-0.39, 0.29) is 5.91 Å². The first-order valence-electron chi connectivity index (χ1n) is 9.95. The Kier molecular flexibility index (Phi) is 7.28. The number of nitrogens with zero attached hydrogens (tertiary/aromatic N) is 3. The Hall–Kier alpha value is -1.64. The Balaban J connectivity index is 1.51. The summed E-state index contributed by atoms with van der Waals surface area (Å²) in [5, 5.41) is 1.47. The number of aryl methyl sites for hydroxylation is 1. The van der Waals surface area contributed by atoms with Crippen molar-refractivity contribution < 1.29 is 9.53 Å². The highest BCUT2D eigenvalue weighted by Crippen LogP contribution is 2.31. The first-order valence-corrected chi connectivity index (χ1v) is 12.1. The molecule has 1 saturated heterocycles. The third kappa shape index (κ3) is 5.34. The Morgan fingerprint density at radius 1 is 1.23 bits per heavy atom. The van der Waals surface area contributed by atoms with Gasteiger partial charge in [-0.05, 0) is 42.8 Å². The van der Waals surface area contributed by atoms with E-state index in [1.54, 1.807) is 11.3 Å². The topological polar surface area (TPSA) is 45.7 Å². The number of carbonyl (C=O) groups is 1. The number of halogens is 1. The molecule has 5 nitrogen and oxygen atoms in total. The zero-order valence-electron chi connectivity index (χ0n) is 16.8. The molecule has 2 heterocycles. The predicted octanol–water partition coefficient (Wildman–Crippen LogP) is 4.72. The van der Waals surface area contributed by atoms with Gasteiger partial charge in [0.05, 0.1) is 29.2 Å². The van der Waals surface area contributed by atoms with Gasteiger partial charge in [-0.15, -0.1) is 11.8 Å². The molecule has 30 heavy (non-hydrogen) atoms. The number of hydrogen-bond acceptors (Lipinski definition) is 6. The summed E-state index contributed by atoms with van der Waals surface area (Å²) in [4.78, 5) is 23.3. The Bertz CT molecular complexity index is 1000. The van der Waals surface area contributed by atoms with Gasteiger partial charge in [-0.25, -0.2) is 4.98 Å². The Morgan fingerprint density at radius 3 is 2.73 bits per heavy atom. The molecule has 0 aliphatic carbocycles. The van der Waals surface area contributed by atoms with E-state index in [0.29, 0.717) is 17.3 Å². The fourth-order valence-electron chi connectivity index (χ4n) is 3.34. The third-order valence-electron chi connectivity index (χ3n) is 5.06. The van der Waals surface area contributed by atoms with Crippen LogP contribution in [0.25, 0.3) is 10.2 Å². The van der Waals surface area contributed by atoms with Crippen LogP contribution in [0.1, 0.15) is 5.56 Å². The number of benzene rings is 2. The van der Waals surface area contributed by atoms with Crippen LogP contribution in [0.5, 0.6) is 0 Å². The molecule has 0 radical (unpaired) electrons. The van der Waals surface area contributed by atoms with Crippen LogP contribution in [0, 0.1) is 6.92 Å². The fourth-order valence-corrected chi connectivity index (χ4v) is 5.32. The van der Waals surface area contributed by atoms with Gasteiger partial charge in [-0.1, -0.05) is 35.1 Å². The number of amides is 1. The van der Waals surface area contributed by atoms with Gasteiger partial charge < -0.3 is 4.74 Å². The quantitative estimate of drug-likeness (QED) is 0.476. The predicted molar refractivity (Wildman–Crippen MR) is 126 cm³/mol. The lowest BCUT2D eigenvalue weighted by Gasteiger charge is -2.29.